The van der Waals surface area contributed by atoms with Crippen molar-refractivity contribution in [3.8, 4) is 0 Å². The summed E-state index contributed by atoms with van der Waals surface area (Å²) in [6.07, 6.45) is 0. The third-order valence-corrected chi connectivity index (χ3v) is 3.37. The van der Waals surface area contributed by atoms with Gasteiger partial charge >= 0.3 is 5.97 Å². The molecular weight excluding hydrogens is 243 g/mol. The van der Waals surface area contributed by atoms with Crippen LogP contribution in [0, 0.1) is 0 Å². The van der Waals surface area contributed by atoms with Gasteiger partial charge in [0.15, 0.2) is 0 Å². The van der Waals surface area contributed by atoms with Crippen molar-refractivity contribution in [1.29, 1.82) is 0 Å². The molecule has 0 aromatic heterocycles. The lowest BCUT2D eigenvalue weighted by atomic mass is 10.4. The molecule has 0 fully saturated rings. The van der Waals surface area contributed by atoms with Crippen molar-refractivity contribution in [1.82, 2.24) is 0 Å². The molecular formula is C9H8Cl2O2S. The first kappa shape index (κ1) is 11.7. The van der Waals surface area contributed by atoms with Gasteiger partial charge in [-0.2, -0.15) is 0 Å². The number of hydrogen-bond donors (Lipinski definition) is 1. The highest BCUT2D eigenvalue weighted by Crippen LogP contribution is 2.32. The van der Waals surface area contributed by atoms with Gasteiger partial charge < -0.3 is 5.11 Å². The average molecular weight is 251 g/mol. The zero-order chi connectivity index (χ0) is 10.7. The third kappa shape index (κ3) is 3.08. The minimum atomic E-state index is -0.869. The maximum atomic E-state index is 10.6. The molecule has 1 aromatic rings. The van der Waals surface area contributed by atoms with Crippen LogP contribution in [0.5, 0.6) is 0 Å². The van der Waals surface area contributed by atoms with Gasteiger partial charge in [-0.1, -0.05) is 23.2 Å². The number of carboxylic acids is 1. The molecule has 0 aliphatic carbocycles. The van der Waals surface area contributed by atoms with Crippen molar-refractivity contribution in [3.63, 3.8) is 0 Å². The highest BCUT2D eigenvalue weighted by atomic mass is 35.5. The predicted molar refractivity (Wildman–Crippen MR) is 59.4 cm³/mol. The van der Waals surface area contributed by atoms with Crippen LogP contribution in [0.3, 0.4) is 0 Å². The summed E-state index contributed by atoms with van der Waals surface area (Å²) in [6.45, 7) is 1.60. The quantitative estimate of drug-likeness (QED) is 0.834. The third-order valence-electron chi connectivity index (χ3n) is 1.54. The molecule has 0 aliphatic rings. The fraction of sp³-hybridized carbons (Fsp3) is 0.222. The van der Waals surface area contributed by atoms with E-state index in [2.05, 4.69) is 0 Å². The molecule has 0 spiro atoms. The minimum Gasteiger partial charge on any atom is -0.480 e. The summed E-state index contributed by atoms with van der Waals surface area (Å²) in [5.41, 5.74) is 0. The number of rotatable bonds is 3. The summed E-state index contributed by atoms with van der Waals surface area (Å²) < 4.78 is 0. The Kier molecular flexibility index (Phi) is 4.11. The lowest BCUT2D eigenvalue weighted by molar-refractivity contribution is -0.136. The van der Waals surface area contributed by atoms with Gasteiger partial charge in [0, 0.05) is 9.92 Å². The smallest absolute Gasteiger partial charge is 0.316 e. The average Bonchev–Trinajstić information content (AvgIpc) is 2.11. The van der Waals surface area contributed by atoms with E-state index in [4.69, 9.17) is 28.3 Å². The highest BCUT2D eigenvalue weighted by Gasteiger charge is 2.14. The highest BCUT2D eigenvalue weighted by molar-refractivity contribution is 8.00. The van der Waals surface area contributed by atoms with Gasteiger partial charge in [0.1, 0.15) is 5.25 Å². The molecule has 2 nitrogen and oxygen atoms in total. The van der Waals surface area contributed by atoms with Gasteiger partial charge in [-0.05, 0) is 25.1 Å². The standard InChI is InChI=1S/C9H8Cl2O2S/c1-5(9(12)13)14-8-4-6(10)2-3-7(8)11/h2-5H,1H3,(H,12,13)/t5-/m1/s1. The van der Waals surface area contributed by atoms with Gasteiger partial charge in [0.05, 0.1) is 5.02 Å². The zero-order valence-corrected chi connectivity index (χ0v) is 9.66. The molecule has 0 bridgehead atoms. The Hall–Kier alpha value is -0.380. The van der Waals surface area contributed by atoms with Crippen LogP contribution in [-0.4, -0.2) is 16.3 Å². The van der Waals surface area contributed by atoms with Crippen molar-refractivity contribution < 1.29 is 9.90 Å². The number of hydrogen-bond acceptors (Lipinski definition) is 2. The number of benzene rings is 1. The molecule has 14 heavy (non-hydrogen) atoms. The summed E-state index contributed by atoms with van der Waals surface area (Å²) in [5, 5.41) is 9.24. The van der Waals surface area contributed by atoms with E-state index in [1.54, 1.807) is 25.1 Å². The Morgan fingerprint density at radius 1 is 1.50 bits per heavy atom. The zero-order valence-electron chi connectivity index (χ0n) is 7.33. The summed E-state index contributed by atoms with van der Waals surface area (Å²) in [6, 6.07) is 4.98. The molecule has 1 aromatic carbocycles. The number of thioether (sulfide) groups is 1. The Morgan fingerprint density at radius 2 is 2.14 bits per heavy atom. The monoisotopic (exact) mass is 250 g/mol. The van der Waals surface area contributed by atoms with Crippen molar-refractivity contribution in [2.24, 2.45) is 0 Å². The molecule has 0 heterocycles. The molecule has 0 radical (unpaired) electrons. The van der Waals surface area contributed by atoms with E-state index in [0.29, 0.717) is 14.9 Å². The van der Waals surface area contributed by atoms with E-state index in [1.807, 2.05) is 0 Å². The minimum absolute atomic E-state index is 0.521. The first-order valence-corrected chi connectivity index (χ1v) is 5.49. The summed E-state index contributed by atoms with van der Waals surface area (Å²) >= 11 is 12.8. The van der Waals surface area contributed by atoms with Gasteiger partial charge in [0.2, 0.25) is 0 Å². The van der Waals surface area contributed by atoms with Crippen LogP contribution in [0.1, 0.15) is 6.92 Å². The van der Waals surface area contributed by atoms with Crippen molar-refractivity contribution >= 4 is 40.9 Å². The number of carbonyl (C=O) groups is 1. The molecule has 1 N–H and O–H groups in total. The summed E-state index contributed by atoms with van der Waals surface area (Å²) in [5.74, 6) is -0.869. The molecule has 1 rings (SSSR count). The van der Waals surface area contributed by atoms with E-state index in [0.717, 1.165) is 0 Å². The van der Waals surface area contributed by atoms with E-state index < -0.39 is 11.2 Å². The topological polar surface area (TPSA) is 37.3 Å². The first-order valence-electron chi connectivity index (χ1n) is 3.85. The molecule has 0 aliphatic heterocycles. The lowest BCUT2D eigenvalue weighted by Crippen LogP contribution is -2.11. The second-order valence-corrected chi connectivity index (χ2v) is 4.90. The van der Waals surface area contributed by atoms with Crippen LogP contribution in [0.25, 0.3) is 0 Å². The van der Waals surface area contributed by atoms with Crippen LogP contribution in [-0.2, 0) is 4.79 Å². The summed E-state index contributed by atoms with van der Waals surface area (Å²) in [7, 11) is 0. The predicted octanol–water partition coefficient (Wildman–Crippen LogP) is 3.56. The Balaban J connectivity index is 2.85. The number of halogens is 2. The van der Waals surface area contributed by atoms with Gasteiger partial charge in [0.25, 0.3) is 0 Å². The van der Waals surface area contributed by atoms with Crippen LogP contribution < -0.4 is 0 Å². The fourth-order valence-corrected chi connectivity index (χ4v) is 2.15. The fourth-order valence-electron chi connectivity index (χ4n) is 0.808. The van der Waals surface area contributed by atoms with E-state index >= 15 is 0 Å². The van der Waals surface area contributed by atoms with Gasteiger partial charge in [-0.25, -0.2) is 0 Å². The van der Waals surface area contributed by atoms with Crippen molar-refractivity contribution in [3.05, 3.63) is 28.2 Å². The summed E-state index contributed by atoms with van der Waals surface area (Å²) in [4.78, 5) is 11.3. The molecule has 0 saturated carbocycles. The number of aliphatic carboxylic acids is 1. The molecule has 0 unspecified atom stereocenters. The SMILES string of the molecule is C[C@@H](Sc1cc(Cl)ccc1Cl)C(=O)O. The molecule has 5 heteroatoms. The molecule has 0 saturated heterocycles. The second kappa shape index (κ2) is 4.91. The van der Waals surface area contributed by atoms with Gasteiger partial charge in [-0.3, -0.25) is 4.79 Å². The van der Waals surface area contributed by atoms with Crippen LogP contribution >= 0.6 is 35.0 Å². The second-order valence-electron chi connectivity index (χ2n) is 2.67. The first-order chi connectivity index (χ1) is 6.50. The van der Waals surface area contributed by atoms with E-state index in [-0.39, 0.29) is 0 Å². The Labute approximate surface area is 96.2 Å². The molecule has 76 valence electrons. The molecule has 0 amide bonds. The van der Waals surface area contributed by atoms with E-state index in [9.17, 15) is 4.79 Å². The maximum Gasteiger partial charge on any atom is 0.316 e. The Bertz CT molecular complexity index is 355. The Morgan fingerprint density at radius 3 is 2.71 bits per heavy atom. The number of carboxylic acid groups (broad SMARTS) is 1. The van der Waals surface area contributed by atoms with Crippen LogP contribution in [0.15, 0.2) is 23.1 Å². The van der Waals surface area contributed by atoms with Crippen LogP contribution in [0.4, 0.5) is 0 Å². The maximum absolute atomic E-state index is 10.6. The normalized spacial score (nSPS) is 12.5. The lowest BCUT2D eigenvalue weighted by Gasteiger charge is -2.07. The largest absolute Gasteiger partial charge is 0.480 e. The van der Waals surface area contributed by atoms with Crippen LogP contribution in [0.2, 0.25) is 10.0 Å². The van der Waals surface area contributed by atoms with Crippen molar-refractivity contribution in [2.45, 2.75) is 17.1 Å². The van der Waals surface area contributed by atoms with E-state index in [1.165, 1.54) is 11.8 Å². The molecule has 1 atom stereocenters. The van der Waals surface area contributed by atoms with Gasteiger partial charge in [-0.15, -0.1) is 11.8 Å². The van der Waals surface area contributed by atoms with Crippen molar-refractivity contribution in [2.75, 3.05) is 0 Å².